The molecule has 1 amide bonds. The minimum atomic E-state index is -0.0429. The molecule has 0 aromatic heterocycles. The topological polar surface area (TPSA) is 50.8 Å². The van der Waals surface area contributed by atoms with Gasteiger partial charge in [-0.2, -0.15) is 0 Å². The molecule has 1 rings (SSSR count). The van der Waals surface area contributed by atoms with E-state index in [-0.39, 0.29) is 18.0 Å². The van der Waals surface area contributed by atoms with Gasteiger partial charge in [-0.3, -0.25) is 4.79 Å². The fourth-order valence-corrected chi connectivity index (χ4v) is 2.51. The maximum atomic E-state index is 12.6. The molecule has 1 fully saturated rings. The number of methoxy groups -OCH3 is 2. The number of rotatable bonds is 7. The van der Waals surface area contributed by atoms with Crippen LogP contribution >= 0.6 is 0 Å². The molecule has 2 unspecified atom stereocenters. The molecular formula is C14H28N2O3. The van der Waals surface area contributed by atoms with Crippen molar-refractivity contribution in [1.82, 2.24) is 10.2 Å². The number of hydrogen-bond acceptors (Lipinski definition) is 4. The molecule has 0 aliphatic carbocycles. The molecule has 0 aromatic carbocycles. The van der Waals surface area contributed by atoms with Crippen LogP contribution in [0.15, 0.2) is 0 Å². The first-order valence-electron chi connectivity index (χ1n) is 7.22. The lowest BCUT2D eigenvalue weighted by Gasteiger charge is -2.32. The van der Waals surface area contributed by atoms with Crippen LogP contribution in [0.2, 0.25) is 0 Å². The number of nitrogens with zero attached hydrogens (tertiary/aromatic N) is 1. The zero-order chi connectivity index (χ0) is 14.1. The summed E-state index contributed by atoms with van der Waals surface area (Å²) in [5, 5.41) is 3.36. The van der Waals surface area contributed by atoms with Crippen LogP contribution in [0.1, 0.15) is 32.6 Å². The Morgan fingerprint density at radius 2 is 2.11 bits per heavy atom. The third-order valence-electron chi connectivity index (χ3n) is 3.62. The highest BCUT2D eigenvalue weighted by Crippen LogP contribution is 2.12. The Morgan fingerprint density at radius 1 is 1.32 bits per heavy atom. The third-order valence-corrected chi connectivity index (χ3v) is 3.62. The summed E-state index contributed by atoms with van der Waals surface area (Å²) in [5.74, 6) is 0.184. The predicted octanol–water partition coefficient (Wildman–Crippen LogP) is 1.03. The second-order valence-corrected chi connectivity index (χ2v) is 5.18. The van der Waals surface area contributed by atoms with Crippen LogP contribution in [-0.2, 0) is 14.3 Å². The molecule has 0 bridgehead atoms. The third kappa shape index (κ3) is 5.47. The number of nitrogens with one attached hydrogen (secondary N) is 1. The van der Waals surface area contributed by atoms with Crippen molar-refractivity contribution in [2.24, 2.45) is 0 Å². The number of amides is 1. The smallest absolute Gasteiger partial charge is 0.240 e. The Kier molecular flexibility index (Phi) is 8.02. The first kappa shape index (κ1) is 16.4. The Hall–Kier alpha value is -0.650. The molecule has 1 saturated heterocycles. The molecule has 0 aromatic rings. The summed E-state index contributed by atoms with van der Waals surface area (Å²) in [5.41, 5.74) is 0. The molecule has 5 nitrogen and oxygen atoms in total. The van der Waals surface area contributed by atoms with E-state index in [4.69, 9.17) is 9.47 Å². The molecule has 1 aliphatic rings. The molecular weight excluding hydrogens is 244 g/mol. The van der Waals surface area contributed by atoms with Gasteiger partial charge in [0.15, 0.2) is 0 Å². The molecule has 0 radical (unpaired) electrons. The molecule has 2 atom stereocenters. The van der Waals surface area contributed by atoms with E-state index in [9.17, 15) is 4.79 Å². The minimum absolute atomic E-state index is 0.0429. The standard InChI is InChI=1S/C14H28N2O3/c1-12(11-19-3)16(9-10-18-2)14(17)13-7-5-4-6-8-15-13/h12-13,15H,4-11H2,1-3H3. The van der Waals surface area contributed by atoms with Crippen LogP contribution in [0.3, 0.4) is 0 Å². The van der Waals surface area contributed by atoms with Gasteiger partial charge in [0.1, 0.15) is 0 Å². The number of carbonyl (C=O) groups excluding carboxylic acids is 1. The Bertz CT molecular complexity index is 253. The summed E-state index contributed by atoms with van der Waals surface area (Å²) in [6.07, 6.45) is 4.43. The van der Waals surface area contributed by atoms with Crippen molar-refractivity contribution in [3.8, 4) is 0 Å². The maximum Gasteiger partial charge on any atom is 0.240 e. The number of carbonyl (C=O) groups is 1. The van der Waals surface area contributed by atoms with Crippen molar-refractivity contribution < 1.29 is 14.3 Å². The summed E-state index contributed by atoms with van der Waals surface area (Å²) < 4.78 is 10.3. The SMILES string of the molecule is COCCN(C(=O)C1CCCCCN1)C(C)COC. The van der Waals surface area contributed by atoms with Gasteiger partial charge in [-0.25, -0.2) is 0 Å². The summed E-state index contributed by atoms with van der Waals surface area (Å²) in [4.78, 5) is 14.5. The van der Waals surface area contributed by atoms with Gasteiger partial charge in [-0.05, 0) is 26.3 Å². The van der Waals surface area contributed by atoms with Gasteiger partial charge in [0.25, 0.3) is 0 Å². The lowest BCUT2D eigenvalue weighted by Crippen LogP contribution is -2.51. The maximum absolute atomic E-state index is 12.6. The zero-order valence-corrected chi connectivity index (χ0v) is 12.5. The van der Waals surface area contributed by atoms with Gasteiger partial charge in [-0.15, -0.1) is 0 Å². The van der Waals surface area contributed by atoms with Crippen molar-refractivity contribution in [1.29, 1.82) is 0 Å². The normalized spacial score (nSPS) is 21.7. The number of hydrogen-bond donors (Lipinski definition) is 1. The largest absolute Gasteiger partial charge is 0.383 e. The summed E-state index contributed by atoms with van der Waals surface area (Å²) in [7, 11) is 3.33. The first-order chi connectivity index (χ1) is 9.20. The van der Waals surface area contributed by atoms with E-state index < -0.39 is 0 Å². The Balaban J connectivity index is 2.62. The van der Waals surface area contributed by atoms with Crippen LogP contribution in [0.5, 0.6) is 0 Å². The second-order valence-electron chi connectivity index (χ2n) is 5.18. The summed E-state index contributed by atoms with van der Waals surface area (Å²) >= 11 is 0. The van der Waals surface area contributed by atoms with Crippen molar-refractivity contribution in [3.63, 3.8) is 0 Å². The highest BCUT2D eigenvalue weighted by Gasteiger charge is 2.27. The van der Waals surface area contributed by atoms with E-state index in [2.05, 4.69) is 5.32 Å². The van der Waals surface area contributed by atoms with Crippen LogP contribution in [0.4, 0.5) is 0 Å². The lowest BCUT2D eigenvalue weighted by atomic mass is 10.1. The van der Waals surface area contributed by atoms with Crippen molar-refractivity contribution >= 4 is 5.91 Å². The van der Waals surface area contributed by atoms with Gasteiger partial charge in [0.2, 0.25) is 5.91 Å². The molecule has 1 N–H and O–H groups in total. The molecule has 1 heterocycles. The first-order valence-corrected chi connectivity index (χ1v) is 7.22. The van der Waals surface area contributed by atoms with Crippen molar-refractivity contribution in [2.45, 2.75) is 44.7 Å². The average molecular weight is 272 g/mol. The van der Waals surface area contributed by atoms with Gasteiger partial charge in [0.05, 0.1) is 25.3 Å². The van der Waals surface area contributed by atoms with Crippen molar-refractivity contribution in [2.75, 3.05) is 40.5 Å². The van der Waals surface area contributed by atoms with Gasteiger partial charge in [-0.1, -0.05) is 12.8 Å². The lowest BCUT2D eigenvalue weighted by molar-refractivity contribution is -0.137. The van der Waals surface area contributed by atoms with Gasteiger partial charge in [0, 0.05) is 20.8 Å². The van der Waals surface area contributed by atoms with Crippen LogP contribution < -0.4 is 5.32 Å². The molecule has 0 spiro atoms. The van der Waals surface area contributed by atoms with E-state index in [1.165, 1.54) is 6.42 Å². The highest BCUT2D eigenvalue weighted by molar-refractivity contribution is 5.82. The average Bonchev–Trinajstić information content (AvgIpc) is 2.68. The summed E-state index contributed by atoms with van der Waals surface area (Å²) in [6.45, 7) is 4.70. The van der Waals surface area contributed by atoms with Crippen LogP contribution in [0, 0.1) is 0 Å². The van der Waals surface area contributed by atoms with E-state index >= 15 is 0 Å². The molecule has 1 aliphatic heterocycles. The van der Waals surface area contributed by atoms with Crippen molar-refractivity contribution in [3.05, 3.63) is 0 Å². The fourth-order valence-electron chi connectivity index (χ4n) is 2.51. The molecule has 112 valence electrons. The predicted molar refractivity (Wildman–Crippen MR) is 75.2 cm³/mol. The summed E-state index contributed by atoms with van der Waals surface area (Å²) in [6, 6.07) is 0.0383. The number of ether oxygens (including phenoxy) is 2. The molecule has 19 heavy (non-hydrogen) atoms. The zero-order valence-electron chi connectivity index (χ0n) is 12.5. The second kappa shape index (κ2) is 9.28. The molecule has 0 saturated carbocycles. The fraction of sp³-hybridized carbons (Fsp3) is 0.929. The van der Waals surface area contributed by atoms with E-state index in [0.717, 1.165) is 25.8 Å². The van der Waals surface area contributed by atoms with E-state index in [0.29, 0.717) is 19.8 Å². The minimum Gasteiger partial charge on any atom is -0.383 e. The van der Waals surface area contributed by atoms with E-state index in [1.54, 1.807) is 14.2 Å². The van der Waals surface area contributed by atoms with Crippen LogP contribution in [-0.4, -0.2) is 63.4 Å². The highest BCUT2D eigenvalue weighted by atomic mass is 16.5. The Morgan fingerprint density at radius 3 is 2.79 bits per heavy atom. The van der Waals surface area contributed by atoms with E-state index in [1.807, 2.05) is 11.8 Å². The Labute approximate surface area is 116 Å². The quantitative estimate of drug-likeness (QED) is 0.752. The van der Waals surface area contributed by atoms with Gasteiger partial charge < -0.3 is 19.7 Å². The van der Waals surface area contributed by atoms with Crippen LogP contribution in [0.25, 0.3) is 0 Å². The monoisotopic (exact) mass is 272 g/mol. The van der Waals surface area contributed by atoms with Gasteiger partial charge >= 0.3 is 0 Å². The molecule has 5 heteroatoms.